The Morgan fingerprint density at radius 3 is 2.38 bits per heavy atom. The number of hydrogen-bond donors (Lipinski definition) is 1. The summed E-state index contributed by atoms with van der Waals surface area (Å²) in [4.78, 5) is 2.57. The summed E-state index contributed by atoms with van der Waals surface area (Å²) in [5, 5.41) is 0. The van der Waals surface area contributed by atoms with Gasteiger partial charge in [-0.05, 0) is 52.9 Å². The summed E-state index contributed by atoms with van der Waals surface area (Å²) in [6.45, 7) is 6.87. The van der Waals surface area contributed by atoms with Crippen molar-refractivity contribution in [3.8, 4) is 0 Å². The average molecular weight is 182 g/mol. The van der Waals surface area contributed by atoms with Gasteiger partial charge in [0.15, 0.2) is 0 Å². The second kappa shape index (κ2) is 2.71. The van der Waals surface area contributed by atoms with Crippen LogP contribution < -0.4 is 5.73 Å². The largest absolute Gasteiger partial charge is 0.313 e. The van der Waals surface area contributed by atoms with Crippen LogP contribution in [-0.4, -0.2) is 22.1 Å². The number of fused-ring (bicyclic) bond motifs is 2. The molecule has 0 unspecified atom stereocenters. The zero-order valence-corrected chi connectivity index (χ0v) is 9.14. The predicted octanol–water partition coefficient (Wildman–Crippen LogP) is 2.09. The van der Waals surface area contributed by atoms with Crippen LogP contribution in [0.25, 0.3) is 0 Å². The molecule has 0 aromatic carbocycles. The number of rotatable bonds is 0. The first-order valence-electron chi connectivity index (χ1n) is 5.52. The molecule has 0 aromatic heterocycles. The van der Waals surface area contributed by atoms with E-state index in [0.717, 1.165) is 6.04 Å². The SMILES string of the molecule is CC(C)(C)N1[C@@H]2CCC[C@@]1(N)CC2. The van der Waals surface area contributed by atoms with Gasteiger partial charge in [0.05, 0.1) is 5.66 Å². The Morgan fingerprint density at radius 1 is 1.23 bits per heavy atom. The van der Waals surface area contributed by atoms with Gasteiger partial charge < -0.3 is 5.73 Å². The first-order chi connectivity index (χ1) is 5.93. The Bertz CT molecular complexity index is 203. The molecular weight excluding hydrogens is 160 g/mol. The van der Waals surface area contributed by atoms with Gasteiger partial charge in [0.25, 0.3) is 0 Å². The van der Waals surface area contributed by atoms with Crippen LogP contribution in [0.5, 0.6) is 0 Å². The van der Waals surface area contributed by atoms with Crippen LogP contribution in [0.15, 0.2) is 0 Å². The molecule has 2 atom stereocenters. The number of piperidine rings is 1. The maximum Gasteiger partial charge on any atom is 0.0694 e. The van der Waals surface area contributed by atoms with Crippen LogP contribution in [-0.2, 0) is 0 Å². The summed E-state index contributed by atoms with van der Waals surface area (Å²) in [5.41, 5.74) is 6.73. The molecule has 2 rings (SSSR count). The number of hydrogen-bond acceptors (Lipinski definition) is 2. The summed E-state index contributed by atoms with van der Waals surface area (Å²) in [6.07, 6.45) is 6.40. The van der Waals surface area contributed by atoms with Gasteiger partial charge in [-0.25, -0.2) is 0 Å². The van der Waals surface area contributed by atoms with Crippen molar-refractivity contribution in [1.82, 2.24) is 4.90 Å². The molecule has 0 amide bonds. The van der Waals surface area contributed by atoms with Crippen molar-refractivity contribution in [2.75, 3.05) is 0 Å². The van der Waals surface area contributed by atoms with Crippen LogP contribution in [0.1, 0.15) is 52.9 Å². The Morgan fingerprint density at radius 2 is 1.92 bits per heavy atom. The third-order valence-corrected chi connectivity index (χ3v) is 3.63. The molecule has 2 saturated heterocycles. The van der Waals surface area contributed by atoms with E-state index in [2.05, 4.69) is 25.7 Å². The summed E-state index contributed by atoms with van der Waals surface area (Å²) in [7, 11) is 0. The van der Waals surface area contributed by atoms with Crippen LogP contribution in [0.2, 0.25) is 0 Å². The third kappa shape index (κ3) is 1.40. The van der Waals surface area contributed by atoms with E-state index in [1.807, 2.05) is 0 Å². The number of nitrogens with two attached hydrogens (primary N) is 1. The molecule has 0 saturated carbocycles. The molecule has 2 N–H and O–H groups in total. The lowest BCUT2D eigenvalue weighted by Crippen LogP contribution is -2.63. The minimum absolute atomic E-state index is 0.0289. The molecule has 2 aliphatic heterocycles. The van der Waals surface area contributed by atoms with Gasteiger partial charge in [-0.2, -0.15) is 0 Å². The standard InChI is InChI=1S/C11H22N2/c1-10(2,3)13-9-5-4-7-11(13,12)8-6-9/h9H,4-8,12H2,1-3H3/t9-,11+/m1/s1. The van der Waals surface area contributed by atoms with E-state index >= 15 is 0 Å². The van der Waals surface area contributed by atoms with Crippen LogP contribution >= 0.6 is 0 Å². The van der Waals surface area contributed by atoms with E-state index < -0.39 is 0 Å². The molecule has 0 aliphatic carbocycles. The van der Waals surface area contributed by atoms with Crippen molar-refractivity contribution < 1.29 is 0 Å². The Balaban J connectivity index is 2.27. The molecule has 0 radical (unpaired) electrons. The van der Waals surface area contributed by atoms with Crippen molar-refractivity contribution in [2.45, 2.75) is 70.1 Å². The zero-order chi connectivity index (χ0) is 9.69. The highest BCUT2D eigenvalue weighted by molar-refractivity contribution is 5.04. The van der Waals surface area contributed by atoms with E-state index in [1.54, 1.807) is 0 Å². The van der Waals surface area contributed by atoms with Crippen LogP contribution in [0, 0.1) is 0 Å². The van der Waals surface area contributed by atoms with Gasteiger partial charge in [-0.3, -0.25) is 4.90 Å². The van der Waals surface area contributed by atoms with Gasteiger partial charge in [-0.1, -0.05) is 0 Å². The lowest BCUT2D eigenvalue weighted by Gasteiger charge is -2.50. The first kappa shape index (κ1) is 9.47. The summed E-state index contributed by atoms with van der Waals surface area (Å²) in [6, 6.07) is 0.763. The van der Waals surface area contributed by atoms with Gasteiger partial charge in [0.1, 0.15) is 0 Å². The van der Waals surface area contributed by atoms with E-state index in [4.69, 9.17) is 5.73 Å². The Labute approximate surface area is 81.5 Å². The molecule has 2 aliphatic rings. The molecule has 0 aromatic rings. The summed E-state index contributed by atoms with van der Waals surface area (Å²) >= 11 is 0. The smallest absolute Gasteiger partial charge is 0.0694 e. The first-order valence-corrected chi connectivity index (χ1v) is 5.52. The number of nitrogens with zero attached hydrogens (tertiary/aromatic N) is 1. The van der Waals surface area contributed by atoms with Crippen molar-refractivity contribution >= 4 is 0 Å². The van der Waals surface area contributed by atoms with E-state index in [0.29, 0.717) is 0 Å². The molecule has 0 spiro atoms. The van der Waals surface area contributed by atoms with Crippen molar-refractivity contribution in [3.63, 3.8) is 0 Å². The molecule has 2 nitrogen and oxygen atoms in total. The molecular formula is C11H22N2. The third-order valence-electron chi connectivity index (χ3n) is 3.63. The average Bonchev–Trinajstić information content (AvgIpc) is 2.18. The van der Waals surface area contributed by atoms with Gasteiger partial charge in [0.2, 0.25) is 0 Å². The topological polar surface area (TPSA) is 29.3 Å². The monoisotopic (exact) mass is 182 g/mol. The van der Waals surface area contributed by atoms with Crippen molar-refractivity contribution in [3.05, 3.63) is 0 Å². The lowest BCUT2D eigenvalue weighted by molar-refractivity contribution is -0.0192. The molecule has 2 fully saturated rings. The molecule has 2 heterocycles. The maximum atomic E-state index is 6.46. The van der Waals surface area contributed by atoms with Crippen molar-refractivity contribution in [1.29, 1.82) is 0 Å². The summed E-state index contributed by atoms with van der Waals surface area (Å²) in [5.74, 6) is 0. The van der Waals surface area contributed by atoms with Gasteiger partial charge >= 0.3 is 0 Å². The Kier molecular flexibility index (Phi) is 1.97. The highest BCUT2D eigenvalue weighted by Gasteiger charge is 2.50. The summed E-state index contributed by atoms with van der Waals surface area (Å²) < 4.78 is 0. The van der Waals surface area contributed by atoms with E-state index in [-0.39, 0.29) is 11.2 Å². The van der Waals surface area contributed by atoms with E-state index in [9.17, 15) is 0 Å². The highest BCUT2D eigenvalue weighted by atomic mass is 15.4. The Hall–Kier alpha value is -0.0800. The van der Waals surface area contributed by atoms with Crippen molar-refractivity contribution in [2.24, 2.45) is 5.73 Å². The fourth-order valence-corrected chi connectivity index (χ4v) is 3.41. The van der Waals surface area contributed by atoms with Gasteiger partial charge in [0, 0.05) is 11.6 Å². The second-order valence-electron chi connectivity index (χ2n) is 5.73. The van der Waals surface area contributed by atoms with E-state index in [1.165, 1.54) is 32.1 Å². The van der Waals surface area contributed by atoms with Crippen LogP contribution in [0.4, 0.5) is 0 Å². The normalized spacial score (nSPS) is 41.1. The lowest BCUT2D eigenvalue weighted by atomic mass is 9.91. The zero-order valence-electron chi connectivity index (χ0n) is 9.14. The molecule has 13 heavy (non-hydrogen) atoms. The maximum absolute atomic E-state index is 6.46. The van der Waals surface area contributed by atoms with Crippen LogP contribution in [0.3, 0.4) is 0 Å². The quantitative estimate of drug-likeness (QED) is 0.621. The molecule has 2 heteroatoms. The molecule has 76 valence electrons. The minimum Gasteiger partial charge on any atom is -0.313 e. The second-order valence-corrected chi connectivity index (χ2v) is 5.73. The molecule has 2 bridgehead atoms. The highest BCUT2D eigenvalue weighted by Crippen LogP contribution is 2.44. The fourth-order valence-electron chi connectivity index (χ4n) is 3.41. The predicted molar refractivity (Wildman–Crippen MR) is 55.4 cm³/mol. The van der Waals surface area contributed by atoms with Gasteiger partial charge in [-0.15, -0.1) is 0 Å². The fraction of sp³-hybridized carbons (Fsp3) is 1.00. The minimum atomic E-state index is 0.0289.